The molecular weight excluding hydrogens is 475 g/mol. The zero-order chi connectivity index (χ0) is 20.8. The van der Waals surface area contributed by atoms with Crippen LogP contribution in [0.15, 0.2) is 71.8 Å². The SMILES string of the molecule is C/C(=C(\C(=C(/I)c1ccccc1)C1CCCCC1)c1ccccc1)C1CCCCC1. The lowest BCUT2D eigenvalue weighted by Crippen LogP contribution is -2.15. The Morgan fingerprint density at radius 1 is 0.633 bits per heavy atom. The summed E-state index contributed by atoms with van der Waals surface area (Å²) in [4.78, 5) is 0. The van der Waals surface area contributed by atoms with E-state index in [0.29, 0.717) is 5.92 Å². The van der Waals surface area contributed by atoms with Crippen molar-refractivity contribution in [3.8, 4) is 0 Å². The Kier molecular flexibility index (Phi) is 7.87. The van der Waals surface area contributed by atoms with Crippen molar-refractivity contribution in [3.05, 3.63) is 82.9 Å². The lowest BCUT2D eigenvalue weighted by molar-refractivity contribution is 0.399. The van der Waals surface area contributed by atoms with E-state index in [9.17, 15) is 0 Å². The molecule has 4 rings (SSSR count). The van der Waals surface area contributed by atoms with Crippen LogP contribution in [0.4, 0.5) is 0 Å². The topological polar surface area (TPSA) is 0 Å². The highest BCUT2D eigenvalue weighted by Gasteiger charge is 2.28. The second kappa shape index (κ2) is 10.8. The lowest BCUT2D eigenvalue weighted by Gasteiger charge is -2.32. The summed E-state index contributed by atoms with van der Waals surface area (Å²) in [5, 5.41) is 0. The van der Waals surface area contributed by atoms with Crippen LogP contribution in [0, 0.1) is 11.8 Å². The average Bonchev–Trinajstić information content (AvgIpc) is 2.84. The third-order valence-corrected chi connectivity index (χ3v) is 8.42. The maximum atomic E-state index is 2.66. The summed E-state index contributed by atoms with van der Waals surface area (Å²) in [7, 11) is 0. The molecular formula is C29H35I. The molecule has 0 bridgehead atoms. The smallest absolute Gasteiger partial charge is 0.0243 e. The van der Waals surface area contributed by atoms with Crippen molar-refractivity contribution in [2.45, 2.75) is 71.1 Å². The van der Waals surface area contributed by atoms with E-state index in [2.05, 4.69) is 90.2 Å². The predicted molar refractivity (Wildman–Crippen MR) is 140 cm³/mol. The first-order valence-corrected chi connectivity index (χ1v) is 13.0. The molecule has 2 saturated carbocycles. The Morgan fingerprint density at radius 3 is 1.63 bits per heavy atom. The summed E-state index contributed by atoms with van der Waals surface area (Å²) >= 11 is 2.66. The van der Waals surface area contributed by atoms with Gasteiger partial charge in [0.25, 0.3) is 0 Å². The zero-order valence-electron chi connectivity index (χ0n) is 18.4. The molecule has 0 atom stereocenters. The molecule has 30 heavy (non-hydrogen) atoms. The molecule has 0 heterocycles. The van der Waals surface area contributed by atoms with Gasteiger partial charge in [0.05, 0.1) is 0 Å². The van der Waals surface area contributed by atoms with Crippen LogP contribution in [0.25, 0.3) is 9.15 Å². The minimum absolute atomic E-state index is 0.680. The molecule has 2 aliphatic rings. The molecule has 2 aromatic rings. The molecule has 1 heteroatoms. The van der Waals surface area contributed by atoms with Crippen molar-refractivity contribution in [1.82, 2.24) is 0 Å². The van der Waals surface area contributed by atoms with Gasteiger partial charge in [-0.3, -0.25) is 0 Å². The summed E-state index contributed by atoms with van der Waals surface area (Å²) in [5.74, 6) is 1.42. The largest absolute Gasteiger partial charge is 0.0622 e. The highest BCUT2D eigenvalue weighted by molar-refractivity contribution is 14.1. The Labute approximate surface area is 197 Å². The summed E-state index contributed by atoms with van der Waals surface area (Å²) < 4.78 is 1.47. The van der Waals surface area contributed by atoms with E-state index in [0.717, 1.165) is 5.92 Å². The van der Waals surface area contributed by atoms with Gasteiger partial charge in [0, 0.05) is 3.58 Å². The van der Waals surface area contributed by atoms with Crippen LogP contribution < -0.4 is 0 Å². The van der Waals surface area contributed by atoms with Crippen molar-refractivity contribution in [2.24, 2.45) is 11.8 Å². The Balaban J connectivity index is 1.91. The molecule has 2 aliphatic carbocycles. The lowest BCUT2D eigenvalue weighted by atomic mass is 9.74. The van der Waals surface area contributed by atoms with Gasteiger partial charge in [-0.05, 0) is 89.3 Å². The number of benzene rings is 2. The van der Waals surface area contributed by atoms with Gasteiger partial charge in [-0.25, -0.2) is 0 Å². The Morgan fingerprint density at radius 2 is 1.10 bits per heavy atom. The summed E-state index contributed by atoms with van der Waals surface area (Å²) in [6, 6.07) is 22.4. The van der Waals surface area contributed by atoms with Gasteiger partial charge in [0.15, 0.2) is 0 Å². The number of allylic oxidation sites excluding steroid dienone is 3. The van der Waals surface area contributed by atoms with Crippen molar-refractivity contribution in [3.63, 3.8) is 0 Å². The van der Waals surface area contributed by atoms with Crippen LogP contribution in [0.3, 0.4) is 0 Å². The van der Waals surface area contributed by atoms with E-state index in [1.807, 2.05) is 0 Å². The third-order valence-electron chi connectivity index (χ3n) is 7.22. The molecule has 0 amide bonds. The molecule has 2 fully saturated rings. The van der Waals surface area contributed by atoms with Crippen molar-refractivity contribution in [2.75, 3.05) is 0 Å². The maximum Gasteiger partial charge on any atom is 0.0243 e. The van der Waals surface area contributed by atoms with Gasteiger partial charge in [-0.2, -0.15) is 0 Å². The van der Waals surface area contributed by atoms with E-state index in [4.69, 9.17) is 0 Å². The Hall–Kier alpha value is -1.35. The molecule has 158 valence electrons. The van der Waals surface area contributed by atoms with E-state index in [-0.39, 0.29) is 0 Å². The fraction of sp³-hybridized carbons (Fsp3) is 0.448. The van der Waals surface area contributed by atoms with Gasteiger partial charge in [-0.1, -0.05) is 105 Å². The average molecular weight is 511 g/mol. The molecule has 0 unspecified atom stereocenters. The second-order valence-corrected chi connectivity index (χ2v) is 10.3. The van der Waals surface area contributed by atoms with E-state index >= 15 is 0 Å². The van der Waals surface area contributed by atoms with Gasteiger partial charge >= 0.3 is 0 Å². The zero-order valence-corrected chi connectivity index (χ0v) is 20.5. The number of rotatable bonds is 5. The minimum Gasteiger partial charge on any atom is -0.0622 e. The van der Waals surface area contributed by atoms with Crippen molar-refractivity contribution < 1.29 is 0 Å². The van der Waals surface area contributed by atoms with E-state index in [1.165, 1.54) is 78.9 Å². The first-order valence-electron chi connectivity index (χ1n) is 12.0. The molecule has 0 saturated heterocycles. The van der Waals surface area contributed by atoms with E-state index in [1.54, 1.807) is 16.7 Å². The number of hydrogen-bond acceptors (Lipinski definition) is 0. The van der Waals surface area contributed by atoms with Crippen LogP contribution >= 0.6 is 22.6 Å². The summed E-state index contributed by atoms with van der Waals surface area (Å²) in [5.41, 5.74) is 7.65. The van der Waals surface area contributed by atoms with Gasteiger partial charge in [-0.15, -0.1) is 0 Å². The molecule has 0 aliphatic heterocycles. The third kappa shape index (κ3) is 5.10. The van der Waals surface area contributed by atoms with Gasteiger partial charge in [0.1, 0.15) is 0 Å². The van der Waals surface area contributed by atoms with Gasteiger partial charge < -0.3 is 0 Å². The van der Waals surface area contributed by atoms with Crippen LogP contribution in [0.5, 0.6) is 0 Å². The molecule has 0 N–H and O–H groups in total. The first-order chi connectivity index (χ1) is 14.8. The van der Waals surface area contributed by atoms with Crippen LogP contribution in [0.2, 0.25) is 0 Å². The number of halogens is 1. The van der Waals surface area contributed by atoms with Crippen molar-refractivity contribution >= 4 is 31.7 Å². The summed E-state index contributed by atoms with van der Waals surface area (Å²) in [6.07, 6.45) is 13.7. The fourth-order valence-electron chi connectivity index (χ4n) is 5.56. The second-order valence-electron chi connectivity index (χ2n) is 9.19. The highest BCUT2D eigenvalue weighted by Crippen LogP contribution is 2.47. The first kappa shape index (κ1) is 21.9. The monoisotopic (exact) mass is 510 g/mol. The minimum atomic E-state index is 0.680. The van der Waals surface area contributed by atoms with E-state index < -0.39 is 0 Å². The predicted octanol–water partition coefficient (Wildman–Crippen LogP) is 9.47. The maximum absolute atomic E-state index is 2.66. The summed E-state index contributed by atoms with van der Waals surface area (Å²) in [6.45, 7) is 2.45. The van der Waals surface area contributed by atoms with Crippen LogP contribution in [-0.2, 0) is 0 Å². The van der Waals surface area contributed by atoms with Crippen LogP contribution in [-0.4, -0.2) is 0 Å². The molecule has 0 nitrogen and oxygen atoms in total. The Bertz CT molecular complexity index is 863. The highest BCUT2D eigenvalue weighted by atomic mass is 127. The number of hydrogen-bond donors (Lipinski definition) is 0. The quantitative estimate of drug-likeness (QED) is 0.278. The van der Waals surface area contributed by atoms with Crippen LogP contribution in [0.1, 0.15) is 82.3 Å². The van der Waals surface area contributed by atoms with Crippen molar-refractivity contribution in [1.29, 1.82) is 0 Å². The molecule has 0 radical (unpaired) electrons. The fourth-order valence-corrected chi connectivity index (χ4v) is 6.63. The molecule has 2 aromatic carbocycles. The standard InChI is InChI=1S/C29H35I/c1-22(23-14-6-2-7-15-23)27(24-16-8-3-9-17-24)28(25-18-10-4-11-19-25)29(30)26-20-12-5-13-21-26/h3,5,8-9,12-13,16-17,20-21,23,25H,2,4,6-7,10-11,14-15,18-19H2,1H3/b27-22+,29-28-. The van der Waals surface area contributed by atoms with Gasteiger partial charge in [0.2, 0.25) is 0 Å². The normalized spacial score (nSPS) is 20.5. The molecule has 0 spiro atoms. The molecule has 0 aromatic heterocycles.